The van der Waals surface area contributed by atoms with Gasteiger partial charge < -0.3 is 16.2 Å². The number of aliphatic carboxylic acids is 1. The lowest BCUT2D eigenvalue weighted by Crippen LogP contribution is -2.55. The molecule has 1 rings (SSSR count). The van der Waals surface area contributed by atoms with Crippen molar-refractivity contribution in [2.45, 2.75) is 39.2 Å². The highest BCUT2D eigenvalue weighted by Gasteiger charge is 2.44. The molecule has 1 amide bonds. The predicted octanol–water partition coefficient (Wildman–Crippen LogP) is 0.341. The molecule has 5 nitrogen and oxygen atoms in total. The van der Waals surface area contributed by atoms with Gasteiger partial charge in [0.25, 0.3) is 0 Å². The number of rotatable bonds is 5. The van der Waals surface area contributed by atoms with Gasteiger partial charge in [-0.2, -0.15) is 0 Å². The highest BCUT2D eigenvalue weighted by atomic mass is 16.4. The van der Waals surface area contributed by atoms with E-state index >= 15 is 0 Å². The van der Waals surface area contributed by atoms with E-state index in [0.29, 0.717) is 0 Å². The summed E-state index contributed by atoms with van der Waals surface area (Å²) in [5, 5.41) is 11.5. The number of nitrogens with one attached hydrogen (secondary N) is 1. The molecule has 92 valence electrons. The van der Waals surface area contributed by atoms with E-state index in [-0.39, 0.29) is 18.4 Å². The fourth-order valence-electron chi connectivity index (χ4n) is 1.44. The SMILES string of the molecule is CC(C)(CNC(=O)C(C)(N)C1CC1)C(=O)O. The van der Waals surface area contributed by atoms with Gasteiger partial charge in [0, 0.05) is 6.54 Å². The lowest BCUT2D eigenvalue weighted by molar-refractivity contribution is -0.147. The number of carbonyl (C=O) groups is 2. The van der Waals surface area contributed by atoms with Gasteiger partial charge in [0.1, 0.15) is 0 Å². The maximum absolute atomic E-state index is 11.8. The number of nitrogens with two attached hydrogens (primary N) is 1. The number of carbonyl (C=O) groups excluding carboxylic acids is 1. The molecule has 0 aliphatic heterocycles. The lowest BCUT2D eigenvalue weighted by atomic mass is 9.92. The summed E-state index contributed by atoms with van der Waals surface area (Å²) in [4.78, 5) is 22.6. The average Bonchev–Trinajstić information content (AvgIpc) is 2.96. The Kier molecular flexibility index (Phi) is 3.28. The number of carboxylic acid groups (broad SMARTS) is 1. The van der Waals surface area contributed by atoms with Crippen LogP contribution < -0.4 is 11.1 Å². The van der Waals surface area contributed by atoms with Crippen molar-refractivity contribution in [1.29, 1.82) is 0 Å². The monoisotopic (exact) mass is 228 g/mol. The second-order valence-corrected chi connectivity index (χ2v) is 5.43. The Morgan fingerprint density at radius 1 is 1.38 bits per heavy atom. The first kappa shape index (κ1) is 13.0. The van der Waals surface area contributed by atoms with E-state index in [2.05, 4.69) is 5.32 Å². The molecule has 1 aliphatic rings. The summed E-state index contributed by atoms with van der Waals surface area (Å²) in [5.74, 6) is -0.956. The maximum atomic E-state index is 11.8. The van der Waals surface area contributed by atoms with Gasteiger partial charge in [-0.15, -0.1) is 0 Å². The number of hydrogen-bond acceptors (Lipinski definition) is 3. The van der Waals surface area contributed by atoms with Gasteiger partial charge in [0.05, 0.1) is 11.0 Å². The fourth-order valence-corrected chi connectivity index (χ4v) is 1.44. The summed E-state index contributed by atoms with van der Waals surface area (Å²) in [6.45, 7) is 4.94. The Balaban J connectivity index is 2.49. The first-order valence-electron chi connectivity index (χ1n) is 5.48. The van der Waals surface area contributed by atoms with Gasteiger partial charge in [-0.3, -0.25) is 9.59 Å². The minimum absolute atomic E-state index is 0.0979. The molecule has 0 heterocycles. The van der Waals surface area contributed by atoms with Crippen LogP contribution in [0.15, 0.2) is 0 Å². The number of carboxylic acids is 1. The van der Waals surface area contributed by atoms with Crippen molar-refractivity contribution in [2.24, 2.45) is 17.1 Å². The smallest absolute Gasteiger partial charge is 0.310 e. The molecule has 0 bridgehead atoms. The van der Waals surface area contributed by atoms with Crippen LogP contribution in [0.25, 0.3) is 0 Å². The summed E-state index contributed by atoms with van der Waals surface area (Å²) in [6, 6.07) is 0. The molecule has 16 heavy (non-hydrogen) atoms. The molecule has 0 spiro atoms. The summed E-state index contributed by atoms with van der Waals surface area (Å²) in [6.07, 6.45) is 1.95. The number of amides is 1. The van der Waals surface area contributed by atoms with Crippen LogP contribution in [0.4, 0.5) is 0 Å². The molecule has 0 aromatic rings. The third-order valence-corrected chi connectivity index (χ3v) is 3.18. The molecule has 1 fully saturated rings. The molecule has 5 heteroatoms. The molecule has 0 radical (unpaired) electrons. The van der Waals surface area contributed by atoms with Gasteiger partial charge in [0.15, 0.2) is 0 Å². The van der Waals surface area contributed by atoms with Crippen molar-refractivity contribution in [3.63, 3.8) is 0 Å². The van der Waals surface area contributed by atoms with Crippen LogP contribution in [0.5, 0.6) is 0 Å². The van der Waals surface area contributed by atoms with Crippen molar-refractivity contribution in [3.8, 4) is 0 Å². The van der Waals surface area contributed by atoms with E-state index in [1.807, 2.05) is 0 Å². The average molecular weight is 228 g/mol. The normalized spacial score (nSPS) is 20.0. The van der Waals surface area contributed by atoms with Crippen molar-refractivity contribution in [2.75, 3.05) is 6.54 Å². The lowest BCUT2D eigenvalue weighted by Gasteiger charge is -2.26. The molecule has 1 unspecified atom stereocenters. The predicted molar refractivity (Wildman–Crippen MR) is 59.7 cm³/mol. The summed E-state index contributed by atoms with van der Waals surface area (Å²) < 4.78 is 0. The summed E-state index contributed by atoms with van der Waals surface area (Å²) in [7, 11) is 0. The molecule has 4 N–H and O–H groups in total. The third kappa shape index (κ3) is 2.72. The fraction of sp³-hybridized carbons (Fsp3) is 0.818. The zero-order valence-electron chi connectivity index (χ0n) is 10.0. The van der Waals surface area contributed by atoms with E-state index in [1.54, 1.807) is 20.8 Å². The van der Waals surface area contributed by atoms with Crippen LogP contribution in [-0.2, 0) is 9.59 Å². The van der Waals surface area contributed by atoms with Crippen molar-refractivity contribution >= 4 is 11.9 Å². The quantitative estimate of drug-likeness (QED) is 0.632. The van der Waals surface area contributed by atoms with Crippen LogP contribution in [0.1, 0.15) is 33.6 Å². The van der Waals surface area contributed by atoms with Gasteiger partial charge in [-0.05, 0) is 39.5 Å². The minimum atomic E-state index is -0.963. The van der Waals surface area contributed by atoms with Crippen molar-refractivity contribution < 1.29 is 14.7 Å². The van der Waals surface area contributed by atoms with E-state index in [0.717, 1.165) is 12.8 Å². The Bertz CT molecular complexity index is 306. The van der Waals surface area contributed by atoms with Crippen LogP contribution in [0.3, 0.4) is 0 Å². The van der Waals surface area contributed by atoms with Crippen LogP contribution in [-0.4, -0.2) is 29.1 Å². The van der Waals surface area contributed by atoms with E-state index in [1.165, 1.54) is 0 Å². The Labute approximate surface area is 95.4 Å². The first-order valence-corrected chi connectivity index (χ1v) is 5.48. The van der Waals surface area contributed by atoms with E-state index in [9.17, 15) is 9.59 Å². The third-order valence-electron chi connectivity index (χ3n) is 3.18. The topological polar surface area (TPSA) is 92.4 Å². The number of hydrogen-bond donors (Lipinski definition) is 3. The van der Waals surface area contributed by atoms with Crippen LogP contribution in [0.2, 0.25) is 0 Å². The van der Waals surface area contributed by atoms with Gasteiger partial charge in [-0.25, -0.2) is 0 Å². The van der Waals surface area contributed by atoms with Crippen LogP contribution in [0, 0.1) is 11.3 Å². The first-order chi connectivity index (χ1) is 7.18. The molecular weight excluding hydrogens is 208 g/mol. The molecular formula is C11H20N2O3. The second kappa shape index (κ2) is 4.05. The summed E-state index contributed by atoms with van der Waals surface area (Å²) in [5.41, 5.74) is 4.08. The Morgan fingerprint density at radius 2 is 1.88 bits per heavy atom. The van der Waals surface area contributed by atoms with Crippen LogP contribution >= 0.6 is 0 Å². The molecule has 1 aliphatic carbocycles. The van der Waals surface area contributed by atoms with E-state index in [4.69, 9.17) is 10.8 Å². The minimum Gasteiger partial charge on any atom is -0.481 e. The molecule has 0 saturated heterocycles. The highest BCUT2D eigenvalue weighted by molar-refractivity contribution is 5.87. The largest absolute Gasteiger partial charge is 0.481 e. The van der Waals surface area contributed by atoms with Gasteiger partial charge >= 0.3 is 5.97 Å². The molecule has 1 atom stereocenters. The molecule has 1 saturated carbocycles. The molecule has 0 aromatic carbocycles. The highest BCUT2D eigenvalue weighted by Crippen LogP contribution is 2.38. The molecule has 0 aromatic heterocycles. The zero-order valence-corrected chi connectivity index (χ0v) is 10.0. The Morgan fingerprint density at radius 3 is 2.25 bits per heavy atom. The Hall–Kier alpha value is -1.10. The van der Waals surface area contributed by atoms with Gasteiger partial charge in [-0.1, -0.05) is 0 Å². The standard InChI is InChI=1S/C11H20N2O3/c1-10(2,9(15)16)6-13-8(14)11(3,12)7-4-5-7/h7H,4-6,12H2,1-3H3,(H,13,14)(H,15,16). The summed E-state index contributed by atoms with van der Waals surface area (Å²) >= 11 is 0. The van der Waals surface area contributed by atoms with Gasteiger partial charge in [0.2, 0.25) is 5.91 Å². The van der Waals surface area contributed by atoms with E-state index < -0.39 is 16.9 Å². The van der Waals surface area contributed by atoms with Crippen molar-refractivity contribution in [3.05, 3.63) is 0 Å². The zero-order chi connectivity index (χ0) is 12.6. The second-order valence-electron chi connectivity index (χ2n) is 5.43. The van der Waals surface area contributed by atoms with Crippen molar-refractivity contribution in [1.82, 2.24) is 5.32 Å². The maximum Gasteiger partial charge on any atom is 0.310 e.